The third-order valence-corrected chi connectivity index (χ3v) is 3.99. The third kappa shape index (κ3) is 2.13. The van der Waals surface area contributed by atoms with E-state index >= 15 is 0 Å². The van der Waals surface area contributed by atoms with E-state index in [9.17, 15) is 0 Å². The molecular formula is C13H12N4S2. The van der Waals surface area contributed by atoms with Crippen molar-refractivity contribution in [2.75, 3.05) is 0 Å². The van der Waals surface area contributed by atoms with Crippen molar-refractivity contribution in [3.8, 4) is 16.4 Å². The van der Waals surface area contributed by atoms with Crippen molar-refractivity contribution in [3.63, 3.8) is 0 Å². The van der Waals surface area contributed by atoms with Crippen LogP contribution in [0.2, 0.25) is 0 Å². The number of thiophene rings is 1. The molecule has 0 saturated heterocycles. The van der Waals surface area contributed by atoms with Crippen LogP contribution in [-0.2, 0) is 0 Å². The van der Waals surface area contributed by atoms with Gasteiger partial charge in [-0.25, -0.2) is 0 Å². The fraction of sp³-hybridized carbons (Fsp3) is 0.154. The van der Waals surface area contributed by atoms with Crippen LogP contribution >= 0.6 is 23.6 Å². The van der Waals surface area contributed by atoms with Gasteiger partial charge in [0, 0.05) is 5.69 Å². The molecule has 0 atom stereocenters. The zero-order chi connectivity index (χ0) is 13.4. The summed E-state index contributed by atoms with van der Waals surface area (Å²) in [4.78, 5) is 5.56. The molecule has 3 heterocycles. The molecule has 0 saturated carbocycles. The number of aryl methyl sites for hydroxylation is 2. The van der Waals surface area contributed by atoms with Gasteiger partial charge >= 0.3 is 0 Å². The van der Waals surface area contributed by atoms with Crippen molar-refractivity contribution >= 4 is 23.6 Å². The molecule has 0 bridgehead atoms. The lowest BCUT2D eigenvalue weighted by molar-refractivity contribution is 0.983. The van der Waals surface area contributed by atoms with Crippen molar-refractivity contribution in [3.05, 3.63) is 45.8 Å². The minimum Gasteiger partial charge on any atom is -0.266 e. The molecule has 0 unspecified atom stereocenters. The van der Waals surface area contributed by atoms with Crippen LogP contribution < -0.4 is 0 Å². The molecule has 0 aromatic carbocycles. The van der Waals surface area contributed by atoms with Crippen molar-refractivity contribution < 1.29 is 0 Å². The van der Waals surface area contributed by atoms with Gasteiger partial charge in [-0.3, -0.25) is 14.6 Å². The summed E-state index contributed by atoms with van der Waals surface area (Å²) < 4.78 is 2.51. The van der Waals surface area contributed by atoms with Gasteiger partial charge in [0.2, 0.25) is 0 Å². The molecule has 6 heteroatoms. The lowest BCUT2D eigenvalue weighted by atomic mass is 10.2. The molecule has 4 nitrogen and oxygen atoms in total. The summed E-state index contributed by atoms with van der Waals surface area (Å²) in [5.41, 5.74) is 2.90. The Balaban J connectivity index is 2.26. The van der Waals surface area contributed by atoms with E-state index in [-0.39, 0.29) is 0 Å². The summed E-state index contributed by atoms with van der Waals surface area (Å²) in [7, 11) is 0. The maximum absolute atomic E-state index is 5.34. The number of rotatable bonds is 2. The van der Waals surface area contributed by atoms with Crippen LogP contribution in [0.1, 0.15) is 11.4 Å². The van der Waals surface area contributed by atoms with Crippen molar-refractivity contribution in [1.82, 2.24) is 19.7 Å². The monoisotopic (exact) mass is 288 g/mol. The van der Waals surface area contributed by atoms with Crippen molar-refractivity contribution in [2.24, 2.45) is 0 Å². The molecule has 3 rings (SSSR count). The summed E-state index contributed by atoms with van der Waals surface area (Å²) in [5, 5.41) is 9.21. The number of aromatic amines is 1. The highest BCUT2D eigenvalue weighted by atomic mass is 32.1. The lowest BCUT2D eigenvalue weighted by Crippen LogP contribution is -2.01. The summed E-state index contributed by atoms with van der Waals surface area (Å²) in [6.45, 7) is 3.96. The molecule has 0 spiro atoms. The Morgan fingerprint density at radius 1 is 1.26 bits per heavy atom. The quantitative estimate of drug-likeness (QED) is 0.732. The first kappa shape index (κ1) is 12.3. The predicted molar refractivity (Wildman–Crippen MR) is 79.3 cm³/mol. The average molecular weight is 288 g/mol. The fourth-order valence-electron chi connectivity index (χ4n) is 2.01. The fourth-order valence-corrected chi connectivity index (χ4v) is 2.94. The van der Waals surface area contributed by atoms with Gasteiger partial charge in [-0.2, -0.15) is 5.10 Å². The molecule has 0 aliphatic rings. The Hall–Kier alpha value is -1.79. The van der Waals surface area contributed by atoms with E-state index in [0.717, 1.165) is 27.8 Å². The molecule has 1 N–H and O–H groups in total. The normalized spacial score (nSPS) is 10.8. The molecular weight excluding hydrogens is 276 g/mol. The molecule has 0 fully saturated rings. The van der Waals surface area contributed by atoms with Crippen LogP contribution in [-0.4, -0.2) is 19.7 Å². The Morgan fingerprint density at radius 3 is 2.79 bits per heavy atom. The van der Waals surface area contributed by atoms with E-state index in [4.69, 9.17) is 12.2 Å². The largest absolute Gasteiger partial charge is 0.266 e. The SMILES string of the molecule is Cc1ccc(-n2c(-c3cccs3)n[nH]c2=S)c(C)n1. The third-order valence-electron chi connectivity index (χ3n) is 2.85. The van der Waals surface area contributed by atoms with Gasteiger partial charge in [0.25, 0.3) is 0 Å². The van der Waals surface area contributed by atoms with E-state index < -0.39 is 0 Å². The van der Waals surface area contributed by atoms with Crippen LogP contribution in [0.4, 0.5) is 0 Å². The standard InChI is InChI=1S/C13H12N4S2/c1-8-5-6-10(9(2)14-8)17-12(15-16-13(17)18)11-4-3-7-19-11/h3-7H,1-2H3,(H,16,18). The molecule has 0 radical (unpaired) electrons. The first-order valence-electron chi connectivity index (χ1n) is 5.83. The first-order chi connectivity index (χ1) is 9.16. The molecule has 3 aromatic heterocycles. The van der Waals surface area contributed by atoms with E-state index in [0.29, 0.717) is 4.77 Å². The highest BCUT2D eigenvalue weighted by Gasteiger charge is 2.13. The molecule has 0 aliphatic heterocycles. The Morgan fingerprint density at radius 2 is 2.11 bits per heavy atom. The number of hydrogen-bond donors (Lipinski definition) is 1. The van der Waals surface area contributed by atoms with E-state index in [1.54, 1.807) is 11.3 Å². The van der Waals surface area contributed by atoms with Gasteiger partial charge in [-0.15, -0.1) is 11.3 Å². The molecule has 19 heavy (non-hydrogen) atoms. The molecule has 96 valence electrons. The zero-order valence-corrected chi connectivity index (χ0v) is 12.2. The highest BCUT2D eigenvalue weighted by molar-refractivity contribution is 7.71. The summed E-state index contributed by atoms with van der Waals surface area (Å²) in [5.74, 6) is 0.828. The second kappa shape index (κ2) is 4.71. The van der Waals surface area contributed by atoms with Gasteiger partial charge in [-0.1, -0.05) is 6.07 Å². The van der Waals surface area contributed by atoms with Crippen LogP contribution in [0.15, 0.2) is 29.6 Å². The smallest absolute Gasteiger partial charge is 0.200 e. The second-order valence-electron chi connectivity index (χ2n) is 4.22. The summed E-state index contributed by atoms with van der Waals surface area (Å²) in [6.07, 6.45) is 0. The maximum atomic E-state index is 5.34. The number of H-pyrrole nitrogens is 1. The van der Waals surface area contributed by atoms with E-state index in [1.165, 1.54) is 0 Å². The lowest BCUT2D eigenvalue weighted by Gasteiger charge is -2.08. The zero-order valence-electron chi connectivity index (χ0n) is 10.5. The Labute approximate surface area is 119 Å². The van der Waals surface area contributed by atoms with E-state index in [2.05, 4.69) is 15.2 Å². The van der Waals surface area contributed by atoms with Crippen LogP contribution in [0, 0.1) is 18.6 Å². The van der Waals surface area contributed by atoms with Crippen LogP contribution in [0.3, 0.4) is 0 Å². The van der Waals surface area contributed by atoms with Crippen molar-refractivity contribution in [2.45, 2.75) is 13.8 Å². The van der Waals surface area contributed by atoms with E-state index in [1.807, 2.05) is 48.1 Å². The number of nitrogens with one attached hydrogen (secondary N) is 1. The Bertz CT molecular complexity index is 768. The number of hydrogen-bond acceptors (Lipinski definition) is 4. The number of pyridine rings is 1. The van der Waals surface area contributed by atoms with Gasteiger partial charge in [-0.05, 0) is 49.6 Å². The molecule has 3 aromatic rings. The minimum atomic E-state index is 0.581. The van der Waals surface area contributed by atoms with Gasteiger partial charge in [0.1, 0.15) is 0 Å². The van der Waals surface area contributed by atoms with Crippen LogP contribution in [0.25, 0.3) is 16.4 Å². The maximum Gasteiger partial charge on any atom is 0.200 e. The first-order valence-corrected chi connectivity index (χ1v) is 7.11. The predicted octanol–water partition coefficient (Wildman–Crippen LogP) is 3.67. The molecule has 0 aliphatic carbocycles. The Kier molecular flexibility index (Phi) is 3.04. The van der Waals surface area contributed by atoms with Crippen LogP contribution in [0.5, 0.6) is 0 Å². The van der Waals surface area contributed by atoms with Gasteiger partial charge in [0.15, 0.2) is 10.6 Å². The summed E-state index contributed by atoms with van der Waals surface area (Å²) >= 11 is 6.98. The second-order valence-corrected chi connectivity index (χ2v) is 5.56. The van der Waals surface area contributed by atoms with Gasteiger partial charge < -0.3 is 0 Å². The number of aromatic nitrogens is 4. The highest BCUT2D eigenvalue weighted by Crippen LogP contribution is 2.26. The number of nitrogens with zero attached hydrogens (tertiary/aromatic N) is 3. The van der Waals surface area contributed by atoms with Crippen molar-refractivity contribution in [1.29, 1.82) is 0 Å². The average Bonchev–Trinajstić information content (AvgIpc) is 2.99. The van der Waals surface area contributed by atoms with Gasteiger partial charge in [0.05, 0.1) is 16.3 Å². The minimum absolute atomic E-state index is 0.581. The molecule has 0 amide bonds. The topological polar surface area (TPSA) is 46.5 Å². The summed E-state index contributed by atoms with van der Waals surface area (Å²) in [6, 6.07) is 8.04.